The largest absolute Gasteiger partial charge is 0.493 e. The van der Waals surface area contributed by atoms with Crippen molar-refractivity contribution in [3.05, 3.63) is 59.3 Å². The number of anilines is 1. The summed E-state index contributed by atoms with van der Waals surface area (Å²) < 4.78 is 24.8. The van der Waals surface area contributed by atoms with E-state index in [4.69, 9.17) is 25.9 Å². The van der Waals surface area contributed by atoms with Crippen LogP contribution in [0, 0.1) is 5.82 Å². The van der Waals surface area contributed by atoms with Gasteiger partial charge in [-0.2, -0.15) is 0 Å². The number of hydrogen-bond donors (Lipinski definition) is 1. The smallest absolute Gasteiger partial charge is 0.141 e. The molecule has 9 heteroatoms. The lowest BCUT2D eigenvalue weighted by atomic mass is 10.1. The summed E-state index contributed by atoms with van der Waals surface area (Å²) in [5.74, 6) is 0.238. The lowest BCUT2D eigenvalue weighted by Gasteiger charge is -2.26. The van der Waals surface area contributed by atoms with Gasteiger partial charge in [0, 0.05) is 42.8 Å². The Morgan fingerprint density at radius 2 is 2.06 bits per heavy atom. The van der Waals surface area contributed by atoms with E-state index in [0.717, 1.165) is 55.7 Å². The predicted molar refractivity (Wildman–Crippen MR) is 117 cm³/mol. The first kappa shape index (κ1) is 21.7. The van der Waals surface area contributed by atoms with Crippen LogP contribution in [0.1, 0.15) is 12.0 Å². The molecule has 2 aromatic carbocycles. The zero-order valence-corrected chi connectivity index (χ0v) is 17.8. The van der Waals surface area contributed by atoms with Crippen LogP contribution in [-0.4, -0.2) is 54.3 Å². The van der Waals surface area contributed by atoms with Crippen LogP contribution in [0.25, 0.3) is 10.9 Å². The zero-order valence-electron chi connectivity index (χ0n) is 17.0. The van der Waals surface area contributed by atoms with Gasteiger partial charge in [0.25, 0.3) is 0 Å². The molecule has 0 spiro atoms. The molecule has 0 amide bonds. The molecule has 2 heterocycles. The summed E-state index contributed by atoms with van der Waals surface area (Å²) in [6, 6.07) is 8.15. The number of fused-ring (bicyclic) bond motifs is 1. The minimum Gasteiger partial charge on any atom is -0.493 e. The average Bonchev–Trinajstić information content (AvgIpc) is 2.80. The number of nitrogens with zero attached hydrogens (tertiary/aromatic N) is 3. The molecular formula is C22H24ClFN4O3. The number of hydrogen-bond acceptors (Lipinski definition) is 7. The number of ether oxygens (including phenoxy) is 2. The number of rotatable bonds is 9. The van der Waals surface area contributed by atoms with Gasteiger partial charge in [0.1, 0.15) is 24.5 Å². The van der Waals surface area contributed by atoms with Gasteiger partial charge in [0.2, 0.25) is 0 Å². The van der Waals surface area contributed by atoms with Gasteiger partial charge >= 0.3 is 0 Å². The Bertz CT molecular complexity index is 1020. The van der Waals surface area contributed by atoms with E-state index in [9.17, 15) is 4.39 Å². The van der Waals surface area contributed by atoms with Gasteiger partial charge < -0.3 is 9.47 Å². The zero-order chi connectivity index (χ0) is 21.5. The van der Waals surface area contributed by atoms with E-state index in [2.05, 4.69) is 20.3 Å². The molecule has 0 atom stereocenters. The van der Waals surface area contributed by atoms with Crippen LogP contribution in [0.2, 0.25) is 5.02 Å². The molecule has 4 rings (SSSR count). The highest BCUT2D eigenvalue weighted by Gasteiger charge is 2.11. The fourth-order valence-electron chi connectivity index (χ4n) is 3.36. The minimum absolute atomic E-state index is 0.0285. The van der Waals surface area contributed by atoms with Gasteiger partial charge in [-0.15, -0.1) is 0 Å². The number of halogens is 2. The molecule has 3 aromatic rings. The Kier molecular flexibility index (Phi) is 7.48. The number of aromatic nitrogens is 2. The summed E-state index contributed by atoms with van der Waals surface area (Å²) in [4.78, 5) is 16.4. The number of nitrogens with one attached hydrogen (secondary N) is 1. The third kappa shape index (κ3) is 6.01. The summed E-state index contributed by atoms with van der Waals surface area (Å²) in [5, 5.41) is 0.923. The highest BCUT2D eigenvalue weighted by atomic mass is 35.5. The fourth-order valence-corrected chi connectivity index (χ4v) is 3.54. The normalized spacial score (nSPS) is 14.6. The SMILES string of the molecule is Fc1ccc(NOCc2cc3cncnc3cc2OCCCN2CCOCC2)cc1Cl. The van der Waals surface area contributed by atoms with Crippen LogP contribution in [0.15, 0.2) is 42.9 Å². The molecule has 164 valence electrons. The lowest BCUT2D eigenvalue weighted by Crippen LogP contribution is -2.37. The summed E-state index contributed by atoms with van der Waals surface area (Å²) in [5.41, 5.74) is 5.01. The van der Waals surface area contributed by atoms with Crippen molar-refractivity contribution in [2.75, 3.05) is 44.9 Å². The molecule has 1 aliphatic rings. The average molecular weight is 447 g/mol. The predicted octanol–water partition coefficient (Wildman–Crippen LogP) is 4.07. The Labute approximate surface area is 185 Å². The second-order valence-electron chi connectivity index (χ2n) is 7.22. The van der Waals surface area contributed by atoms with E-state index >= 15 is 0 Å². The number of benzene rings is 2. The highest BCUT2D eigenvalue weighted by Crippen LogP contribution is 2.26. The lowest BCUT2D eigenvalue weighted by molar-refractivity contribution is 0.0357. The third-order valence-electron chi connectivity index (χ3n) is 5.00. The van der Waals surface area contributed by atoms with Crippen LogP contribution >= 0.6 is 11.6 Å². The van der Waals surface area contributed by atoms with Crippen LogP contribution < -0.4 is 10.2 Å². The highest BCUT2D eigenvalue weighted by molar-refractivity contribution is 6.31. The van der Waals surface area contributed by atoms with E-state index < -0.39 is 5.82 Å². The molecule has 1 N–H and O–H groups in total. The van der Waals surface area contributed by atoms with Crippen molar-refractivity contribution in [2.45, 2.75) is 13.0 Å². The maximum Gasteiger partial charge on any atom is 0.141 e. The van der Waals surface area contributed by atoms with Crippen molar-refractivity contribution in [1.29, 1.82) is 0 Å². The maximum absolute atomic E-state index is 13.3. The standard InChI is InChI=1S/C22H24ClFN4O3/c23-19-11-18(2-3-20(19)24)27-31-14-17-10-16-13-25-15-26-21(16)12-22(17)30-7-1-4-28-5-8-29-9-6-28/h2-3,10-13,15,27H,1,4-9,14H2. The molecule has 1 aliphatic heterocycles. The molecule has 1 aromatic heterocycles. The van der Waals surface area contributed by atoms with Crippen molar-refractivity contribution in [3.8, 4) is 5.75 Å². The Morgan fingerprint density at radius 3 is 2.90 bits per heavy atom. The van der Waals surface area contributed by atoms with E-state index in [0.29, 0.717) is 18.0 Å². The van der Waals surface area contributed by atoms with Gasteiger partial charge in [0.15, 0.2) is 0 Å². The molecular weight excluding hydrogens is 423 g/mol. The fraction of sp³-hybridized carbons (Fsp3) is 0.364. The Morgan fingerprint density at radius 1 is 1.19 bits per heavy atom. The number of morpholine rings is 1. The van der Waals surface area contributed by atoms with E-state index in [1.54, 1.807) is 12.3 Å². The van der Waals surface area contributed by atoms with Crippen molar-refractivity contribution in [3.63, 3.8) is 0 Å². The van der Waals surface area contributed by atoms with Gasteiger partial charge in [-0.3, -0.25) is 15.2 Å². The first-order valence-electron chi connectivity index (χ1n) is 10.2. The van der Waals surface area contributed by atoms with Gasteiger partial charge in [0.05, 0.1) is 36.0 Å². The maximum atomic E-state index is 13.3. The molecule has 0 bridgehead atoms. The minimum atomic E-state index is -0.477. The van der Waals surface area contributed by atoms with E-state index in [1.165, 1.54) is 18.5 Å². The molecule has 0 unspecified atom stereocenters. The van der Waals surface area contributed by atoms with Crippen LogP contribution in [0.5, 0.6) is 5.75 Å². The molecule has 0 aliphatic carbocycles. The van der Waals surface area contributed by atoms with Gasteiger partial charge in [-0.1, -0.05) is 11.6 Å². The first-order chi connectivity index (χ1) is 15.2. The van der Waals surface area contributed by atoms with E-state index in [-0.39, 0.29) is 11.6 Å². The second kappa shape index (κ2) is 10.7. The molecule has 31 heavy (non-hydrogen) atoms. The quantitative estimate of drug-likeness (QED) is 0.392. The molecule has 1 fully saturated rings. The van der Waals surface area contributed by atoms with Crippen LogP contribution in [-0.2, 0) is 16.2 Å². The third-order valence-corrected chi connectivity index (χ3v) is 5.29. The summed E-state index contributed by atoms with van der Waals surface area (Å²) in [6.07, 6.45) is 4.18. The first-order valence-corrected chi connectivity index (χ1v) is 10.6. The molecule has 1 saturated heterocycles. The second-order valence-corrected chi connectivity index (χ2v) is 7.62. The van der Waals surface area contributed by atoms with E-state index in [1.807, 2.05) is 12.1 Å². The Hall–Kier alpha value is -2.52. The molecule has 0 saturated carbocycles. The van der Waals surface area contributed by atoms with Crippen molar-refractivity contribution >= 4 is 28.2 Å². The monoisotopic (exact) mass is 446 g/mol. The van der Waals surface area contributed by atoms with Gasteiger partial charge in [-0.05, 0) is 30.7 Å². The van der Waals surface area contributed by atoms with Crippen LogP contribution in [0.3, 0.4) is 0 Å². The molecule has 7 nitrogen and oxygen atoms in total. The summed E-state index contributed by atoms with van der Waals surface area (Å²) >= 11 is 5.81. The molecule has 0 radical (unpaired) electrons. The summed E-state index contributed by atoms with van der Waals surface area (Å²) in [6.45, 7) is 5.30. The van der Waals surface area contributed by atoms with Crippen molar-refractivity contribution < 1.29 is 18.7 Å². The topological polar surface area (TPSA) is 68.7 Å². The van der Waals surface area contributed by atoms with Crippen LogP contribution in [0.4, 0.5) is 10.1 Å². The van der Waals surface area contributed by atoms with Crippen molar-refractivity contribution in [1.82, 2.24) is 14.9 Å². The summed E-state index contributed by atoms with van der Waals surface area (Å²) in [7, 11) is 0. The Balaban J connectivity index is 1.38. The van der Waals surface area contributed by atoms with Gasteiger partial charge in [-0.25, -0.2) is 14.4 Å². The van der Waals surface area contributed by atoms with Crippen molar-refractivity contribution in [2.24, 2.45) is 0 Å².